The van der Waals surface area contributed by atoms with Crippen LogP contribution in [0.2, 0.25) is 0 Å². The molecule has 0 saturated heterocycles. The number of anilines is 1. The van der Waals surface area contributed by atoms with Crippen molar-refractivity contribution in [3.63, 3.8) is 0 Å². The van der Waals surface area contributed by atoms with Gasteiger partial charge in [0.1, 0.15) is 5.82 Å². The Kier molecular flexibility index (Phi) is 6.38. The van der Waals surface area contributed by atoms with E-state index in [4.69, 9.17) is 4.74 Å². The zero-order valence-electron chi connectivity index (χ0n) is 12.5. The van der Waals surface area contributed by atoms with Gasteiger partial charge in [0, 0.05) is 19.1 Å². The Labute approximate surface area is 119 Å². The molecule has 20 heavy (non-hydrogen) atoms. The molecule has 6 nitrogen and oxygen atoms in total. The van der Waals surface area contributed by atoms with Crippen LogP contribution >= 0.6 is 0 Å². The maximum Gasteiger partial charge on any atom is 0.356 e. The minimum absolute atomic E-state index is 0.00700. The van der Waals surface area contributed by atoms with E-state index in [1.165, 1.54) is 6.20 Å². The second kappa shape index (κ2) is 7.79. The zero-order valence-corrected chi connectivity index (χ0v) is 12.5. The van der Waals surface area contributed by atoms with Crippen LogP contribution in [-0.4, -0.2) is 40.8 Å². The molecule has 0 saturated carbocycles. The third-order valence-electron chi connectivity index (χ3n) is 2.54. The number of hydrogen-bond donors (Lipinski definition) is 2. The van der Waals surface area contributed by atoms with E-state index >= 15 is 0 Å². The maximum absolute atomic E-state index is 11.2. The molecule has 1 heterocycles. The molecular weight excluding hydrogens is 258 g/mol. The molecule has 0 atom stereocenters. The first-order chi connectivity index (χ1) is 9.41. The van der Waals surface area contributed by atoms with Gasteiger partial charge in [0.2, 0.25) is 0 Å². The molecule has 1 rings (SSSR count). The Morgan fingerprint density at radius 3 is 2.65 bits per heavy atom. The van der Waals surface area contributed by atoms with E-state index in [-0.39, 0.29) is 11.6 Å². The summed E-state index contributed by atoms with van der Waals surface area (Å²) in [6.07, 6.45) is 1.52. The largest absolute Gasteiger partial charge is 0.476 e. The van der Waals surface area contributed by atoms with Crippen molar-refractivity contribution < 1.29 is 14.6 Å². The summed E-state index contributed by atoms with van der Waals surface area (Å²) >= 11 is 0. The van der Waals surface area contributed by atoms with Crippen LogP contribution in [0.1, 0.15) is 49.9 Å². The van der Waals surface area contributed by atoms with Crippen molar-refractivity contribution in [2.75, 3.05) is 25.1 Å². The second-order valence-electron chi connectivity index (χ2n) is 5.35. The van der Waals surface area contributed by atoms with Crippen LogP contribution in [0.3, 0.4) is 0 Å². The molecule has 0 amide bonds. The lowest BCUT2D eigenvalue weighted by Crippen LogP contribution is -2.16. The molecule has 6 heteroatoms. The van der Waals surface area contributed by atoms with Crippen molar-refractivity contribution in [3.05, 3.63) is 17.7 Å². The highest BCUT2D eigenvalue weighted by Crippen LogP contribution is 2.16. The number of aromatic nitrogens is 2. The molecular formula is C14H23N3O3. The van der Waals surface area contributed by atoms with Gasteiger partial charge in [-0.1, -0.05) is 27.7 Å². The third kappa shape index (κ3) is 5.13. The summed E-state index contributed by atoms with van der Waals surface area (Å²) in [6.45, 7) is 9.74. The van der Waals surface area contributed by atoms with Gasteiger partial charge in [-0.15, -0.1) is 0 Å². The summed E-state index contributed by atoms with van der Waals surface area (Å²) in [4.78, 5) is 19.5. The summed E-state index contributed by atoms with van der Waals surface area (Å²) in [5.74, 6) is 0.0543. The van der Waals surface area contributed by atoms with Crippen LogP contribution in [0.25, 0.3) is 0 Å². The molecule has 0 aromatic carbocycles. The van der Waals surface area contributed by atoms with Crippen LogP contribution in [-0.2, 0) is 4.74 Å². The first kappa shape index (κ1) is 16.4. The number of carboxylic acid groups (broad SMARTS) is 1. The molecule has 0 radical (unpaired) electrons. The van der Waals surface area contributed by atoms with E-state index in [9.17, 15) is 9.90 Å². The van der Waals surface area contributed by atoms with Crippen molar-refractivity contribution in [1.29, 1.82) is 0 Å². The molecule has 0 unspecified atom stereocenters. The fourth-order valence-corrected chi connectivity index (χ4v) is 1.54. The van der Waals surface area contributed by atoms with E-state index < -0.39 is 5.97 Å². The van der Waals surface area contributed by atoms with Gasteiger partial charge in [0.25, 0.3) is 0 Å². The van der Waals surface area contributed by atoms with Gasteiger partial charge in [0.15, 0.2) is 5.69 Å². The quantitative estimate of drug-likeness (QED) is 0.712. The lowest BCUT2D eigenvalue weighted by Gasteiger charge is -2.12. The summed E-state index contributed by atoms with van der Waals surface area (Å²) in [5, 5.41) is 12.2. The lowest BCUT2D eigenvalue weighted by molar-refractivity contribution is 0.0691. The third-order valence-corrected chi connectivity index (χ3v) is 2.54. The van der Waals surface area contributed by atoms with Crippen LogP contribution in [0, 0.1) is 5.92 Å². The van der Waals surface area contributed by atoms with E-state index in [2.05, 4.69) is 29.1 Å². The van der Waals surface area contributed by atoms with E-state index in [1.807, 2.05) is 13.8 Å². The molecule has 2 N–H and O–H groups in total. The Balaban J connectivity index is 2.63. The van der Waals surface area contributed by atoms with Crippen LogP contribution < -0.4 is 5.32 Å². The highest BCUT2D eigenvalue weighted by molar-refractivity contribution is 5.91. The summed E-state index contributed by atoms with van der Waals surface area (Å²) < 4.78 is 5.43. The van der Waals surface area contributed by atoms with E-state index in [1.54, 1.807) is 0 Å². The SMILES string of the molecule is CC(C)COCCNc1cnc(C(C)C)nc1C(=O)O. The van der Waals surface area contributed by atoms with Gasteiger partial charge in [-0.2, -0.15) is 0 Å². The smallest absolute Gasteiger partial charge is 0.356 e. The normalized spacial score (nSPS) is 11.1. The van der Waals surface area contributed by atoms with Crippen LogP contribution in [0.4, 0.5) is 5.69 Å². The van der Waals surface area contributed by atoms with Crippen molar-refractivity contribution >= 4 is 11.7 Å². The number of aromatic carboxylic acids is 1. The monoisotopic (exact) mass is 281 g/mol. The average molecular weight is 281 g/mol. The summed E-state index contributed by atoms with van der Waals surface area (Å²) in [7, 11) is 0. The van der Waals surface area contributed by atoms with Crippen LogP contribution in [0.5, 0.6) is 0 Å². The van der Waals surface area contributed by atoms with Gasteiger partial charge in [0.05, 0.1) is 18.5 Å². The van der Waals surface area contributed by atoms with Crippen molar-refractivity contribution in [2.45, 2.75) is 33.6 Å². The zero-order chi connectivity index (χ0) is 15.1. The molecule has 0 aliphatic carbocycles. The van der Waals surface area contributed by atoms with Gasteiger partial charge in [-0.3, -0.25) is 0 Å². The molecule has 0 spiro atoms. The highest BCUT2D eigenvalue weighted by Gasteiger charge is 2.15. The second-order valence-corrected chi connectivity index (χ2v) is 5.35. The van der Waals surface area contributed by atoms with Gasteiger partial charge >= 0.3 is 5.97 Å². The number of nitrogens with one attached hydrogen (secondary N) is 1. The topological polar surface area (TPSA) is 84.3 Å². The molecule has 1 aromatic rings. The number of carbonyl (C=O) groups is 1. The van der Waals surface area contributed by atoms with Crippen molar-refractivity contribution in [1.82, 2.24) is 9.97 Å². The Morgan fingerprint density at radius 1 is 1.40 bits per heavy atom. The van der Waals surface area contributed by atoms with Gasteiger partial charge < -0.3 is 15.2 Å². The Bertz CT molecular complexity index is 447. The number of hydrogen-bond acceptors (Lipinski definition) is 5. The van der Waals surface area contributed by atoms with Gasteiger partial charge in [-0.05, 0) is 5.92 Å². The Morgan fingerprint density at radius 2 is 2.10 bits per heavy atom. The fourth-order valence-electron chi connectivity index (χ4n) is 1.54. The number of carboxylic acids is 1. The molecule has 0 bridgehead atoms. The predicted octanol–water partition coefficient (Wildman–Crippen LogP) is 2.38. The average Bonchev–Trinajstić information content (AvgIpc) is 2.37. The van der Waals surface area contributed by atoms with Crippen molar-refractivity contribution in [2.24, 2.45) is 5.92 Å². The lowest BCUT2D eigenvalue weighted by atomic mass is 10.2. The Hall–Kier alpha value is -1.69. The number of ether oxygens (including phenoxy) is 1. The molecule has 1 aromatic heterocycles. The first-order valence-electron chi connectivity index (χ1n) is 6.83. The minimum atomic E-state index is -1.06. The standard InChI is InChI=1S/C14H23N3O3/c1-9(2)8-20-6-5-15-11-7-16-13(10(3)4)17-12(11)14(18)19/h7,9-10,15H,5-6,8H2,1-4H3,(H,18,19). The predicted molar refractivity (Wildman–Crippen MR) is 77.2 cm³/mol. The highest BCUT2D eigenvalue weighted by atomic mass is 16.5. The molecule has 0 aliphatic heterocycles. The van der Waals surface area contributed by atoms with E-state index in [0.29, 0.717) is 37.2 Å². The summed E-state index contributed by atoms with van der Waals surface area (Å²) in [6, 6.07) is 0. The van der Waals surface area contributed by atoms with Crippen molar-refractivity contribution in [3.8, 4) is 0 Å². The fraction of sp³-hybridized carbons (Fsp3) is 0.643. The number of nitrogens with zero attached hydrogens (tertiary/aromatic N) is 2. The summed E-state index contributed by atoms with van der Waals surface area (Å²) in [5.41, 5.74) is 0.433. The minimum Gasteiger partial charge on any atom is -0.476 e. The maximum atomic E-state index is 11.2. The number of rotatable bonds is 8. The molecule has 0 aliphatic rings. The van der Waals surface area contributed by atoms with Gasteiger partial charge in [-0.25, -0.2) is 14.8 Å². The first-order valence-corrected chi connectivity index (χ1v) is 6.83. The van der Waals surface area contributed by atoms with Crippen LogP contribution in [0.15, 0.2) is 6.20 Å². The van der Waals surface area contributed by atoms with E-state index in [0.717, 1.165) is 0 Å². The molecule has 0 fully saturated rings. The molecule has 112 valence electrons.